The summed E-state index contributed by atoms with van der Waals surface area (Å²) in [6.45, 7) is 0.195. The lowest BCUT2D eigenvalue weighted by molar-refractivity contribution is -0.158. The number of hydrogen-bond donors (Lipinski definition) is 1. The molecule has 1 aliphatic heterocycles. The number of halogens is 1. The summed E-state index contributed by atoms with van der Waals surface area (Å²) in [7, 11) is -3.32. The maximum atomic E-state index is 13.2. The number of ether oxygens (including phenoxy) is 1. The molecule has 1 aromatic rings. The van der Waals surface area contributed by atoms with Gasteiger partial charge in [0.25, 0.3) is 0 Å². The summed E-state index contributed by atoms with van der Waals surface area (Å²) in [5.41, 5.74) is -1.52. The van der Waals surface area contributed by atoms with Crippen molar-refractivity contribution in [3.63, 3.8) is 0 Å². The van der Waals surface area contributed by atoms with E-state index < -0.39 is 27.4 Å². The topological polar surface area (TPSA) is 83.9 Å². The minimum absolute atomic E-state index is 0.0325. The Balaban J connectivity index is 1.75. The van der Waals surface area contributed by atoms with E-state index in [0.29, 0.717) is 12.8 Å². The van der Waals surface area contributed by atoms with Crippen LogP contribution < -0.4 is 4.74 Å². The van der Waals surface area contributed by atoms with Crippen LogP contribution in [0.25, 0.3) is 0 Å². The van der Waals surface area contributed by atoms with Gasteiger partial charge < -0.3 is 9.84 Å². The third-order valence-corrected chi connectivity index (χ3v) is 6.73. The van der Waals surface area contributed by atoms with Crippen molar-refractivity contribution in [2.75, 3.05) is 13.1 Å². The number of carbonyl (C=O) groups is 1. The average molecular weight is 343 g/mol. The van der Waals surface area contributed by atoms with Gasteiger partial charge in [0.2, 0.25) is 15.6 Å². The van der Waals surface area contributed by atoms with Crippen LogP contribution in [0.2, 0.25) is 0 Å². The monoisotopic (exact) mass is 343 g/mol. The Morgan fingerprint density at radius 3 is 2.48 bits per heavy atom. The summed E-state index contributed by atoms with van der Waals surface area (Å²) in [6, 6.07) is 5.29. The molecule has 1 aromatic carbocycles. The van der Waals surface area contributed by atoms with Gasteiger partial charge in [-0.3, -0.25) is 0 Å². The Labute approximate surface area is 133 Å². The zero-order valence-electron chi connectivity index (χ0n) is 12.4. The van der Waals surface area contributed by atoms with Crippen molar-refractivity contribution >= 4 is 16.0 Å². The first-order valence-corrected chi connectivity index (χ1v) is 9.01. The Hall–Kier alpha value is -1.67. The summed E-state index contributed by atoms with van der Waals surface area (Å²) >= 11 is 0. The average Bonchev–Trinajstić information content (AvgIpc) is 3.32. The Morgan fingerprint density at radius 1 is 1.30 bits per heavy atom. The summed E-state index contributed by atoms with van der Waals surface area (Å²) in [5, 5.41) is 9.23. The van der Waals surface area contributed by atoms with E-state index in [1.165, 1.54) is 22.5 Å². The first-order chi connectivity index (χ1) is 10.8. The fraction of sp³-hybridized carbons (Fsp3) is 0.533. The second-order valence-corrected chi connectivity index (χ2v) is 8.22. The highest BCUT2D eigenvalue weighted by atomic mass is 32.2. The van der Waals surface area contributed by atoms with Crippen LogP contribution in [0.15, 0.2) is 24.3 Å². The first-order valence-electron chi connectivity index (χ1n) is 7.50. The molecule has 1 aliphatic carbocycles. The lowest BCUT2D eigenvalue weighted by atomic mass is 9.92. The highest BCUT2D eigenvalue weighted by Crippen LogP contribution is 2.35. The van der Waals surface area contributed by atoms with Gasteiger partial charge in [0.05, 0.1) is 5.25 Å². The van der Waals surface area contributed by atoms with Crippen molar-refractivity contribution in [3.05, 3.63) is 30.1 Å². The molecule has 23 heavy (non-hydrogen) atoms. The molecule has 2 fully saturated rings. The number of piperidine rings is 1. The van der Waals surface area contributed by atoms with Gasteiger partial charge in [-0.25, -0.2) is 21.9 Å². The summed E-state index contributed by atoms with van der Waals surface area (Å²) in [4.78, 5) is 11.7. The number of hydrogen-bond acceptors (Lipinski definition) is 4. The van der Waals surface area contributed by atoms with Crippen LogP contribution in [0.5, 0.6) is 5.75 Å². The molecule has 3 rings (SSSR count). The quantitative estimate of drug-likeness (QED) is 0.878. The van der Waals surface area contributed by atoms with Gasteiger partial charge in [-0.15, -0.1) is 0 Å². The van der Waals surface area contributed by atoms with Gasteiger partial charge >= 0.3 is 5.97 Å². The molecule has 0 bridgehead atoms. The molecular weight excluding hydrogens is 325 g/mol. The zero-order valence-corrected chi connectivity index (χ0v) is 13.3. The molecule has 126 valence electrons. The second kappa shape index (κ2) is 5.76. The van der Waals surface area contributed by atoms with Gasteiger partial charge in [0.15, 0.2) is 0 Å². The van der Waals surface area contributed by atoms with Crippen LogP contribution in [0.4, 0.5) is 4.39 Å². The summed E-state index contributed by atoms with van der Waals surface area (Å²) in [5.74, 6) is -1.55. The fourth-order valence-corrected chi connectivity index (χ4v) is 4.64. The molecule has 0 amide bonds. The van der Waals surface area contributed by atoms with Crippen LogP contribution in [0, 0.1) is 5.82 Å². The Kier molecular flexibility index (Phi) is 4.05. The van der Waals surface area contributed by atoms with E-state index >= 15 is 0 Å². The van der Waals surface area contributed by atoms with E-state index in [1.54, 1.807) is 0 Å². The number of benzene rings is 1. The van der Waals surface area contributed by atoms with Crippen LogP contribution in [0.3, 0.4) is 0 Å². The van der Waals surface area contributed by atoms with E-state index in [9.17, 15) is 22.7 Å². The largest absolute Gasteiger partial charge is 0.478 e. The molecule has 0 atom stereocenters. The van der Waals surface area contributed by atoms with E-state index in [-0.39, 0.29) is 36.9 Å². The van der Waals surface area contributed by atoms with Crippen LogP contribution in [-0.4, -0.2) is 47.7 Å². The minimum Gasteiger partial charge on any atom is -0.478 e. The summed E-state index contributed by atoms with van der Waals surface area (Å²) in [6.07, 6.45) is 1.40. The van der Waals surface area contributed by atoms with E-state index in [4.69, 9.17) is 4.74 Å². The summed E-state index contributed by atoms with van der Waals surface area (Å²) < 4.78 is 44.6. The molecule has 0 radical (unpaired) electrons. The fourth-order valence-electron chi connectivity index (χ4n) is 2.79. The number of sulfonamides is 1. The molecule has 1 saturated heterocycles. The zero-order chi connectivity index (χ0) is 16.7. The van der Waals surface area contributed by atoms with E-state index in [2.05, 4.69) is 0 Å². The van der Waals surface area contributed by atoms with Gasteiger partial charge in [0.1, 0.15) is 11.6 Å². The van der Waals surface area contributed by atoms with Crippen LogP contribution in [-0.2, 0) is 14.8 Å². The van der Waals surface area contributed by atoms with Crippen molar-refractivity contribution < 1.29 is 27.4 Å². The number of aliphatic carboxylic acids is 1. The second-order valence-electron chi connectivity index (χ2n) is 6.00. The lowest BCUT2D eigenvalue weighted by Gasteiger charge is -2.38. The predicted octanol–water partition coefficient (Wildman–Crippen LogP) is 1.62. The molecule has 6 nitrogen and oxygen atoms in total. The molecule has 0 aromatic heterocycles. The molecule has 8 heteroatoms. The van der Waals surface area contributed by atoms with Gasteiger partial charge in [-0.2, -0.15) is 0 Å². The number of carboxylic acids is 1. The smallest absolute Gasteiger partial charge is 0.348 e. The number of nitrogens with zero attached hydrogens (tertiary/aromatic N) is 1. The molecule has 1 heterocycles. The van der Waals surface area contributed by atoms with Crippen molar-refractivity contribution in [1.29, 1.82) is 0 Å². The maximum Gasteiger partial charge on any atom is 0.348 e. The highest BCUT2D eigenvalue weighted by Gasteiger charge is 2.48. The van der Waals surface area contributed by atoms with Crippen molar-refractivity contribution in [2.24, 2.45) is 0 Å². The van der Waals surface area contributed by atoms with E-state index in [1.807, 2.05) is 0 Å². The van der Waals surface area contributed by atoms with E-state index in [0.717, 1.165) is 6.07 Å². The van der Waals surface area contributed by atoms with Crippen molar-refractivity contribution in [1.82, 2.24) is 4.31 Å². The first kappa shape index (κ1) is 16.2. The standard InChI is InChI=1S/C15H18FNO5S/c16-11-2-1-3-12(10-11)22-15(14(18)19)6-8-17(9-7-15)23(20,21)13-4-5-13/h1-3,10,13H,4-9H2,(H,18,19). The van der Waals surface area contributed by atoms with Gasteiger partial charge in [0, 0.05) is 32.0 Å². The molecule has 0 spiro atoms. The Morgan fingerprint density at radius 2 is 1.96 bits per heavy atom. The van der Waals surface area contributed by atoms with Crippen molar-refractivity contribution in [3.8, 4) is 5.75 Å². The van der Waals surface area contributed by atoms with Gasteiger partial charge in [-0.05, 0) is 25.0 Å². The lowest BCUT2D eigenvalue weighted by Crippen LogP contribution is -2.54. The van der Waals surface area contributed by atoms with Crippen molar-refractivity contribution in [2.45, 2.75) is 36.5 Å². The Bertz CT molecular complexity index is 708. The van der Waals surface area contributed by atoms with Gasteiger partial charge in [-0.1, -0.05) is 6.07 Å². The molecule has 2 aliphatic rings. The van der Waals surface area contributed by atoms with Crippen LogP contribution in [0.1, 0.15) is 25.7 Å². The SMILES string of the molecule is O=C(O)C1(Oc2cccc(F)c2)CCN(S(=O)(=O)C2CC2)CC1. The molecule has 0 unspecified atom stereocenters. The predicted molar refractivity (Wildman–Crippen MR) is 80.1 cm³/mol. The molecule has 1 N–H and O–H groups in total. The minimum atomic E-state index is -3.32. The third kappa shape index (κ3) is 3.18. The molecule has 1 saturated carbocycles. The third-order valence-electron chi connectivity index (χ3n) is 4.33. The number of carboxylic acid groups (broad SMARTS) is 1. The molecular formula is C15H18FNO5S. The number of rotatable bonds is 5. The highest BCUT2D eigenvalue weighted by molar-refractivity contribution is 7.90. The maximum absolute atomic E-state index is 13.2. The normalized spacial score (nSPS) is 21.8. The van der Waals surface area contributed by atoms with Crippen LogP contribution >= 0.6 is 0 Å².